The highest BCUT2D eigenvalue weighted by Crippen LogP contribution is 2.26. The molecule has 2 aromatic carbocycles. The number of halogens is 4. The van der Waals surface area contributed by atoms with Crippen molar-refractivity contribution in [3.05, 3.63) is 81.2 Å². The highest BCUT2D eigenvalue weighted by atomic mass is 35.5. The topological polar surface area (TPSA) is 113 Å². The summed E-state index contributed by atoms with van der Waals surface area (Å²) in [6.45, 7) is 1.20. The van der Waals surface area contributed by atoms with Crippen LogP contribution in [0, 0.1) is 0 Å². The molecule has 12 heteroatoms. The van der Waals surface area contributed by atoms with Gasteiger partial charge in [-0.1, -0.05) is 54.9 Å². The van der Waals surface area contributed by atoms with Crippen LogP contribution in [0.5, 0.6) is 0 Å². The fraction of sp³-hybridized carbons (Fsp3) is 0.346. The lowest BCUT2D eigenvalue weighted by atomic mass is 9.97. The number of aliphatic hydroxyl groups is 1. The van der Waals surface area contributed by atoms with Crippen molar-refractivity contribution in [3.8, 4) is 11.1 Å². The lowest BCUT2D eigenvalue weighted by molar-refractivity contribution is -0.225. The Morgan fingerprint density at radius 3 is 2.37 bits per heavy atom. The molecule has 0 bridgehead atoms. The maximum atomic E-state index is 13.0. The summed E-state index contributed by atoms with van der Waals surface area (Å²) in [6.07, 6.45) is -9.88. The van der Waals surface area contributed by atoms with E-state index in [1.807, 2.05) is 24.3 Å². The smallest absolute Gasteiger partial charge is 0.425 e. The van der Waals surface area contributed by atoms with Gasteiger partial charge in [-0.15, -0.1) is 0 Å². The molecule has 38 heavy (non-hydrogen) atoms. The van der Waals surface area contributed by atoms with Gasteiger partial charge >= 0.3 is 12.1 Å². The van der Waals surface area contributed by atoms with Crippen LogP contribution in [-0.4, -0.2) is 51.2 Å². The van der Waals surface area contributed by atoms with E-state index in [0.717, 1.165) is 21.9 Å². The average molecular weight is 554 g/mol. The molecule has 3 aromatic rings. The van der Waals surface area contributed by atoms with Gasteiger partial charge in [0.2, 0.25) is 0 Å². The van der Waals surface area contributed by atoms with E-state index in [4.69, 9.17) is 11.6 Å². The van der Waals surface area contributed by atoms with Gasteiger partial charge in [0.1, 0.15) is 5.69 Å². The zero-order valence-corrected chi connectivity index (χ0v) is 21.3. The number of H-pyrrole nitrogens is 1. The van der Waals surface area contributed by atoms with Crippen molar-refractivity contribution < 1.29 is 32.6 Å². The minimum absolute atomic E-state index is 0.0565. The molecule has 204 valence electrons. The number of ether oxygens (including phenoxy) is 1. The number of nitrogens with zero attached hydrogens (tertiary/aromatic N) is 1. The van der Waals surface area contributed by atoms with Gasteiger partial charge in [-0.25, -0.2) is 4.79 Å². The third-order valence-electron chi connectivity index (χ3n) is 5.83. The molecule has 0 aliphatic carbocycles. The van der Waals surface area contributed by atoms with Crippen molar-refractivity contribution in [2.45, 2.75) is 50.6 Å². The zero-order chi connectivity index (χ0) is 28.0. The summed E-state index contributed by atoms with van der Waals surface area (Å²) < 4.78 is 44.6. The van der Waals surface area contributed by atoms with Crippen molar-refractivity contribution in [1.82, 2.24) is 15.1 Å². The Morgan fingerprint density at radius 1 is 1.13 bits per heavy atom. The molecule has 0 saturated heterocycles. The normalized spacial score (nSPS) is 14.0. The van der Waals surface area contributed by atoms with Gasteiger partial charge in [-0.05, 0) is 41.7 Å². The van der Waals surface area contributed by atoms with Gasteiger partial charge in [0.15, 0.2) is 12.2 Å². The number of alkyl halides is 3. The van der Waals surface area contributed by atoms with Gasteiger partial charge in [0, 0.05) is 30.6 Å². The van der Waals surface area contributed by atoms with Crippen LogP contribution in [-0.2, 0) is 23.0 Å². The minimum atomic E-state index is -4.78. The first-order valence-corrected chi connectivity index (χ1v) is 12.1. The lowest BCUT2D eigenvalue weighted by Gasteiger charge is -2.24. The van der Waals surface area contributed by atoms with E-state index in [9.17, 15) is 32.7 Å². The maximum Gasteiger partial charge on any atom is 0.425 e. The highest BCUT2D eigenvalue weighted by Gasteiger charge is 2.42. The van der Waals surface area contributed by atoms with Gasteiger partial charge in [0.05, 0.1) is 0 Å². The summed E-state index contributed by atoms with van der Waals surface area (Å²) >= 11 is 6.06. The summed E-state index contributed by atoms with van der Waals surface area (Å²) in [5.74, 6) is -2.14. The van der Waals surface area contributed by atoms with Crippen molar-refractivity contribution in [2.24, 2.45) is 7.05 Å². The molecule has 1 heterocycles. The molecule has 0 aliphatic rings. The van der Waals surface area contributed by atoms with Crippen molar-refractivity contribution in [2.75, 3.05) is 0 Å². The number of rotatable bonds is 10. The second kappa shape index (κ2) is 12.3. The molecule has 0 fully saturated rings. The Bertz CT molecular complexity index is 1320. The number of carbonyl (C=O) groups excluding carboxylic acids is 2. The van der Waals surface area contributed by atoms with Crippen molar-refractivity contribution in [1.29, 1.82) is 0 Å². The van der Waals surface area contributed by atoms with Crippen LogP contribution < -0.4 is 10.9 Å². The van der Waals surface area contributed by atoms with E-state index in [0.29, 0.717) is 10.6 Å². The largest absolute Gasteiger partial charge is 0.451 e. The third kappa shape index (κ3) is 7.72. The second-order valence-electron chi connectivity index (χ2n) is 8.78. The number of benzene rings is 2. The molecule has 1 aromatic heterocycles. The summed E-state index contributed by atoms with van der Waals surface area (Å²) in [5.41, 5.74) is 1.96. The van der Waals surface area contributed by atoms with Gasteiger partial charge in [-0.3, -0.25) is 19.4 Å². The van der Waals surface area contributed by atoms with Crippen LogP contribution in [0.2, 0.25) is 5.02 Å². The number of hydrogen-bond donors (Lipinski definition) is 3. The first-order chi connectivity index (χ1) is 17.9. The van der Waals surface area contributed by atoms with Crippen LogP contribution in [0.3, 0.4) is 0 Å². The molecule has 0 saturated carbocycles. The van der Waals surface area contributed by atoms with E-state index < -0.39 is 54.7 Å². The number of aryl methyl sites for hydroxylation is 1. The zero-order valence-electron chi connectivity index (χ0n) is 20.6. The molecule has 8 nitrogen and oxygen atoms in total. The van der Waals surface area contributed by atoms with Crippen LogP contribution in [0.25, 0.3) is 11.1 Å². The molecule has 3 atom stereocenters. The number of carbonyl (C=O) groups is 2. The monoisotopic (exact) mass is 553 g/mol. The van der Waals surface area contributed by atoms with E-state index in [1.54, 1.807) is 24.3 Å². The molecule has 0 aliphatic heterocycles. The number of amides is 1. The standard InChI is InChI=1S/C26H27ClF3N3O5/c1-3-22(26(28,29)30)38-25(37)21(34)13-19(31-24(36)20-14-23(35)33(2)32-20)11-15-7-9-16(10-8-15)17-5-4-6-18(27)12-17/h4-10,12,14,19,21-22,32,34H,3,11,13H2,1-2H3,(H,31,36)/t19-,21-,22?/m1/s1. The van der Waals surface area contributed by atoms with Crippen LogP contribution >= 0.6 is 11.6 Å². The quantitative estimate of drug-likeness (QED) is 0.328. The summed E-state index contributed by atoms with van der Waals surface area (Å²) in [4.78, 5) is 36.7. The Morgan fingerprint density at radius 2 is 1.82 bits per heavy atom. The molecular weight excluding hydrogens is 527 g/mol. The Kier molecular flexibility index (Phi) is 9.40. The predicted octanol–water partition coefficient (Wildman–Crippen LogP) is 4.01. The fourth-order valence-corrected chi connectivity index (χ4v) is 4.00. The fourth-order valence-electron chi connectivity index (χ4n) is 3.81. The van der Waals surface area contributed by atoms with Crippen LogP contribution in [0.1, 0.15) is 35.8 Å². The van der Waals surface area contributed by atoms with E-state index in [1.165, 1.54) is 14.0 Å². The SMILES string of the molecule is CCC(OC(=O)[C@H](O)C[C@@H](Cc1ccc(-c2cccc(Cl)c2)cc1)NC(=O)c1cc(=O)n(C)[nH]1)C(F)(F)F. The molecule has 1 amide bonds. The maximum absolute atomic E-state index is 13.0. The third-order valence-corrected chi connectivity index (χ3v) is 6.07. The Labute approximate surface area is 221 Å². The van der Waals surface area contributed by atoms with E-state index in [-0.39, 0.29) is 12.1 Å². The van der Waals surface area contributed by atoms with Gasteiger partial charge in [0.25, 0.3) is 11.5 Å². The minimum Gasteiger partial charge on any atom is -0.451 e. The highest BCUT2D eigenvalue weighted by molar-refractivity contribution is 6.30. The molecule has 3 N–H and O–H groups in total. The number of nitrogens with one attached hydrogen (secondary N) is 2. The summed E-state index contributed by atoms with van der Waals surface area (Å²) in [5, 5.41) is 16.1. The number of esters is 1. The van der Waals surface area contributed by atoms with Crippen molar-refractivity contribution >= 4 is 23.5 Å². The second-order valence-corrected chi connectivity index (χ2v) is 9.21. The summed E-state index contributed by atoms with van der Waals surface area (Å²) in [6, 6.07) is 14.6. The molecule has 0 radical (unpaired) electrons. The molecule has 1 unspecified atom stereocenters. The number of aromatic nitrogens is 2. The lowest BCUT2D eigenvalue weighted by Crippen LogP contribution is -2.43. The number of aliphatic hydroxyl groups excluding tert-OH is 1. The number of hydrogen-bond acceptors (Lipinski definition) is 5. The van der Waals surface area contributed by atoms with E-state index >= 15 is 0 Å². The molecule has 0 spiro atoms. The predicted molar refractivity (Wildman–Crippen MR) is 135 cm³/mol. The van der Waals surface area contributed by atoms with Crippen molar-refractivity contribution in [3.63, 3.8) is 0 Å². The molecular formula is C26H27ClF3N3O5. The van der Waals surface area contributed by atoms with E-state index in [2.05, 4.69) is 15.2 Å². The first kappa shape index (κ1) is 29.0. The van der Waals surface area contributed by atoms with Gasteiger partial charge < -0.3 is 15.2 Å². The van der Waals surface area contributed by atoms with Crippen LogP contribution in [0.15, 0.2) is 59.4 Å². The Balaban J connectivity index is 1.78. The average Bonchev–Trinajstić information content (AvgIpc) is 3.20. The van der Waals surface area contributed by atoms with Crippen LogP contribution in [0.4, 0.5) is 13.2 Å². The first-order valence-electron chi connectivity index (χ1n) is 11.7. The Hall–Kier alpha value is -3.57. The summed E-state index contributed by atoms with van der Waals surface area (Å²) in [7, 11) is 1.42. The molecule has 3 rings (SSSR count). The number of aromatic amines is 1. The van der Waals surface area contributed by atoms with Gasteiger partial charge in [-0.2, -0.15) is 13.2 Å².